The predicted octanol–water partition coefficient (Wildman–Crippen LogP) is 2.34. The molecule has 0 spiro atoms. The number of benzene rings is 1. The van der Waals surface area contributed by atoms with Gasteiger partial charge in [0, 0.05) is 18.0 Å². The second kappa shape index (κ2) is 6.54. The fraction of sp³-hybridized carbons (Fsp3) is 0.500. The minimum absolute atomic E-state index is 0.0804. The second-order valence-electron chi connectivity index (χ2n) is 5.11. The van der Waals surface area contributed by atoms with E-state index in [2.05, 4.69) is 5.32 Å². The number of amides is 1. The molecule has 3 nitrogen and oxygen atoms in total. The summed E-state index contributed by atoms with van der Waals surface area (Å²) in [4.78, 5) is 12.2. The first-order valence-electron chi connectivity index (χ1n) is 6.50. The Bertz CT molecular complexity index is 492. The van der Waals surface area contributed by atoms with E-state index in [0.29, 0.717) is 17.9 Å². The molecule has 0 aromatic heterocycles. The summed E-state index contributed by atoms with van der Waals surface area (Å²) in [5.74, 6) is -1.77. The molecule has 1 aromatic carbocycles. The fourth-order valence-corrected chi connectivity index (χ4v) is 2.73. The highest BCUT2D eigenvalue weighted by Gasteiger charge is 2.41. The molecular formula is C14H17F2NO2S. The first-order chi connectivity index (χ1) is 9.54. The normalized spacial score (nSPS) is 15.9. The van der Waals surface area contributed by atoms with E-state index in [-0.39, 0.29) is 23.7 Å². The lowest BCUT2D eigenvalue weighted by molar-refractivity contribution is -0.118. The highest BCUT2D eigenvalue weighted by atomic mass is 32.2. The van der Waals surface area contributed by atoms with Gasteiger partial charge in [0.05, 0.1) is 5.75 Å². The first kappa shape index (κ1) is 15.3. The average Bonchev–Trinajstić information content (AvgIpc) is 3.18. The van der Waals surface area contributed by atoms with Gasteiger partial charge in [-0.3, -0.25) is 4.79 Å². The Morgan fingerprint density at radius 1 is 1.35 bits per heavy atom. The molecule has 0 saturated heterocycles. The molecule has 0 unspecified atom stereocenters. The van der Waals surface area contributed by atoms with Crippen molar-refractivity contribution in [3.05, 3.63) is 29.8 Å². The molecule has 0 atom stereocenters. The molecule has 0 aliphatic heterocycles. The number of thioether (sulfide) groups is 1. The van der Waals surface area contributed by atoms with Crippen LogP contribution in [0.25, 0.3) is 0 Å². The summed E-state index contributed by atoms with van der Waals surface area (Å²) in [5.41, 5.74) is 0.0804. The molecule has 1 saturated carbocycles. The summed E-state index contributed by atoms with van der Waals surface area (Å²) in [5, 5.41) is 11.8. The number of halogens is 2. The van der Waals surface area contributed by atoms with Gasteiger partial charge >= 0.3 is 0 Å². The first-order valence-corrected chi connectivity index (χ1v) is 7.49. The van der Waals surface area contributed by atoms with Gasteiger partial charge in [-0.25, -0.2) is 8.78 Å². The van der Waals surface area contributed by atoms with E-state index in [1.54, 1.807) is 0 Å². The molecular weight excluding hydrogens is 284 g/mol. The van der Waals surface area contributed by atoms with E-state index in [1.165, 1.54) is 17.8 Å². The minimum atomic E-state index is -0.907. The highest BCUT2D eigenvalue weighted by Crippen LogP contribution is 2.47. The second-order valence-corrected chi connectivity index (χ2v) is 6.16. The van der Waals surface area contributed by atoms with Crippen LogP contribution in [0, 0.1) is 17.0 Å². The average molecular weight is 301 g/mol. The van der Waals surface area contributed by atoms with Gasteiger partial charge in [-0.05, 0) is 42.9 Å². The van der Waals surface area contributed by atoms with Gasteiger partial charge < -0.3 is 10.4 Å². The Morgan fingerprint density at radius 3 is 2.70 bits per heavy atom. The Labute approximate surface area is 120 Å². The Morgan fingerprint density at radius 2 is 2.10 bits per heavy atom. The van der Waals surface area contributed by atoms with Crippen LogP contribution in [0.5, 0.6) is 0 Å². The molecule has 0 bridgehead atoms. The molecule has 1 fully saturated rings. The number of carbonyl (C=O) groups excluding carboxylic acids is 1. The summed E-state index contributed by atoms with van der Waals surface area (Å²) >= 11 is 1.17. The highest BCUT2D eigenvalue weighted by molar-refractivity contribution is 8.00. The zero-order valence-corrected chi connectivity index (χ0v) is 11.8. The number of hydrogen-bond donors (Lipinski definition) is 2. The van der Waals surface area contributed by atoms with Gasteiger partial charge in [0.2, 0.25) is 5.91 Å². The molecule has 2 rings (SSSR count). The van der Waals surface area contributed by atoms with Crippen molar-refractivity contribution in [2.75, 3.05) is 18.9 Å². The third-order valence-electron chi connectivity index (χ3n) is 3.52. The van der Waals surface area contributed by atoms with Crippen LogP contribution >= 0.6 is 11.8 Å². The Kier molecular flexibility index (Phi) is 4.99. The summed E-state index contributed by atoms with van der Waals surface area (Å²) in [6, 6.07) is 3.59. The van der Waals surface area contributed by atoms with E-state index in [9.17, 15) is 13.6 Å². The lowest BCUT2D eigenvalue weighted by Crippen LogP contribution is -2.31. The molecule has 0 radical (unpaired) electrons. The van der Waals surface area contributed by atoms with Crippen LogP contribution in [0.2, 0.25) is 0 Å². The van der Waals surface area contributed by atoms with Gasteiger partial charge in [0.1, 0.15) is 0 Å². The number of rotatable bonds is 7. The predicted molar refractivity (Wildman–Crippen MR) is 73.5 cm³/mol. The van der Waals surface area contributed by atoms with Crippen LogP contribution < -0.4 is 5.32 Å². The van der Waals surface area contributed by atoms with Crippen molar-refractivity contribution < 1.29 is 18.7 Å². The van der Waals surface area contributed by atoms with E-state index in [1.807, 2.05) is 0 Å². The maximum absolute atomic E-state index is 13.0. The Balaban J connectivity index is 1.73. The molecule has 2 N–H and O–H groups in total. The lowest BCUT2D eigenvalue weighted by Gasteiger charge is -2.14. The SMILES string of the molecule is O=C(CSc1ccc(F)c(F)c1)NCC1(CCO)CC1. The van der Waals surface area contributed by atoms with E-state index < -0.39 is 11.6 Å². The molecule has 1 aliphatic carbocycles. The zero-order chi connectivity index (χ0) is 14.6. The molecule has 1 aliphatic rings. The minimum Gasteiger partial charge on any atom is -0.396 e. The number of nitrogens with one attached hydrogen (secondary N) is 1. The maximum atomic E-state index is 13.0. The Hall–Kier alpha value is -1.14. The summed E-state index contributed by atoms with van der Waals surface area (Å²) in [7, 11) is 0. The fourth-order valence-electron chi connectivity index (χ4n) is 1.98. The monoisotopic (exact) mass is 301 g/mol. The summed E-state index contributed by atoms with van der Waals surface area (Å²) in [6.07, 6.45) is 2.78. The van der Waals surface area contributed by atoms with Crippen molar-refractivity contribution in [1.29, 1.82) is 0 Å². The third kappa shape index (κ3) is 4.18. The van der Waals surface area contributed by atoms with Crippen molar-refractivity contribution in [3.63, 3.8) is 0 Å². The quantitative estimate of drug-likeness (QED) is 0.760. The largest absolute Gasteiger partial charge is 0.396 e. The molecule has 20 heavy (non-hydrogen) atoms. The molecule has 0 heterocycles. The van der Waals surface area contributed by atoms with Crippen LogP contribution in [-0.4, -0.2) is 29.9 Å². The van der Waals surface area contributed by atoms with Crippen LogP contribution in [0.4, 0.5) is 8.78 Å². The number of aliphatic hydroxyl groups excluding tert-OH is 1. The van der Waals surface area contributed by atoms with Crippen LogP contribution in [-0.2, 0) is 4.79 Å². The van der Waals surface area contributed by atoms with Crippen LogP contribution in [0.1, 0.15) is 19.3 Å². The lowest BCUT2D eigenvalue weighted by atomic mass is 10.0. The number of hydrogen-bond acceptors (Lipinski definition) is 3. The van der Waals surface area contributed by atoms with E-state index in [4.69, 9.17) is 5.11 Å². The summed E-state index contributed by atoms with van der Waals surface area (Å²) < 4.78 is 25.7. The van der Waals surface area contributed by atoms with Gasteiger partial charge in [-0.2, -0.15) is 0 Å². The molecule has 6 heteroatoms. The van der Waals surface area contributed by atoms with Crippen molar-refractivity contribution in [1.82, 2.24) is 5.32 Å². The smallest absolute Gasteiger partial charge is 0.230 e. The van der Waals surface area contributed by atoms with Crippen molar-refractivity contribution in [2.24, 2.45) is 5.41 Å². The van der Waals surface area contributed by atoms with Gasteiger partial charge in [0.15, 0.2) is 11.6 Å². The van der Waals surface area contributed by atoms with Gasteiger partial charge in [-0.15, -0.1) is 11.8 Å². The number of carbonyl (C=O) groups is 1. The van der Waals surface area contributed by atoms with Crippen molar-refractivity contribution in [2.45, 2.75) is 24.2 Å². The summed E-state index contributed by atoms with van der Waals surface area (Å²) in [6.45, 7) is 0.713. The van der Waals surface area contributed by atoms with Gasteiger partial charge in [0.25, 0.3) is 0 Å². The van der Waals surface area contributed by atoms with Crippen LogP contribution in [0.3, 0.4) is 0 Å². The van der Waals surface area contributed by atoms with Crippen molar-refractivity contribution in [3.8, 4) is 0 Å². The third-order valence-corrected chi connectivity index (χ3v) is 4.51. The maximum Gasteiger partial charge on any atom is 0.230 e. The van der Waals surface area contributed by atoms with Crippen LogP contribution in [0.15, 0.2) is 23.1 Å². The molecule has 1 aromatic rings. The van der Waals surface area contributed by atoms with E-state index >= 15 is 0 Å². The topological polar surface area (TPSA) is 49.3 Å². The van der Waals surface area contributed by atoms with Gasteiger partial charge in [-0.1, -0.05) is 0 Å². The standard InChI is InChI=1S/C14H17F2NO2S/c15-11-2-1-10(7-12(11)16)20-8-13(19)17-9-14(3-4-14)5-6-18/h1-2,7,18H,3-6,8-9H2,(H,17,19). The van der Waals surface area contributed by atoms with E-state index in [0.717, 1.165) is 25.0 Å². The van der Waals surface area contributed by atoms with Crippen molar-refractivity contribution >= 4 is 17.7 Å². The molecule has 110 valence electrons. The number of aliphatic hydroxyl groups is 1. The zero-order valence-electron chi connectivity index (χ0n) is 11.0. The molecule has 1 amide bonds.